The number of nitrogens with zero attached hydrogens (tertiary/aromatic N) is 1. The van der Waals surface area contributed by atoms with Gasteiger partial charge in [-0.25, -0.2) is 0 Å². The predicted octanol–water partition coefficient (Wildman–Crippen LogP) is 3.14. The fourth-order valence-corrected chi connectivity index (χ4v) is 2.16. The van der Waals surface area contributed by atoms with E-state index >= 15 is 0 Å². The van der Waals surface area contributed by atoms with E-state index in [9.17, 15) is 0 Å². The average Bonchev–Trinajstić information content (AvgIpc) is 2.57. The minimum Gasteiger partial charge on any atom is -0.399 e. The zero-order valence-corrected chi connectivity index (χ0v) is 10.4. The normalized spacial score (nSPS) is 19.4. The monoisotopic (exact) mass is 232 g/mol. The Morgan fingerprint density at radius 2 is 1.88 bits per heavy atom. The number of hydrogen-bond donors (Lipinski definition) is 1. The first-order chi connectivity index (χ1) is 7.77. The lowest BCUT2D eigenvalue weighted by molar-refractivity contribution is 0.840. The summed E-state index contributed by atoms with van der Waals surface area (Å²) in [6.07, 6.45) is 11.0. The van der Waals surface area contributed by atoms with Crippen LogP contribution in [0.25, 0.3) is 0 Å². The number of hydrogen-bond acceptors (Lipinski definition) is 2. The first-order valence-corrected chi connectivity index (χ1v) is 6.00. The number of nitrogens with two attached hydrogens (primary N) is 1. The molecule has 0 bridgehead atoms. The summed E-state index contributed by atoms with van der Waals surface area (Å²) in [6, 6.07) is 8.37. The van der Waals surface area contributed by atoms with Crippen molar-refractivity contribution in [2.24, 2.45) is 0 Å². The van der Waals surface area contributed by atoms with Gasteiger partial charge in [0.15, 0.2) is 0 Å². The molecule has 2 nitrogen and oxygen atoms in total. The first-order valence-electron chi connectivity index (χ1n) is 5.48. The summed E-state index contributed by atoms with van der Waals surface area (Å²) in [6.45, 7) is 0. The molecule has 0 amide bonds. The summed E-state index contributed by atoms with van der Waals surface area (Å²) in [4.78, 5) is 0. The summed E-state index contributed by atoms with van der Waals surface area (Å²) in [7, 11) is 2.79. The average molecular weight is 232 g/mol. The molecule has 84 valence electrons. The van der Waals surface area contributed by atoms with E-state index in [0.717, 1.165) is 18.5 Å². The maximum absolute atomic E-state index is 5.68. The van der Waals surface area contributed by atoms with E-state index in [2.05, 4.69) is 38.4 Å². The van der Waals surface area contributed by atoms with E-state index in [1.165, 1.54) is 5.69 Å². The highest BCUT2D eigenvalue weighted by atomic mass is 31.0. The molecule has 2 atom stereocenters. The number of anilines is 2. The molecule has 0 saturated heterocycles. The Kier molecular flexibility index (Phi) is 3.63. The van der Waals surface area contributed by atoms with Gasteiger partial charge in [0.2, 0.25) is 0 Å². The van der Waals surface area contributed by atoms with Crippen LogP contribution in [0.3, 0.4) is 0 Å². The summed E-state index contributed by atoms with van der Waals surface area (Å²) in [5.41, 5.74) is 7.65. The lowest BCUT2D eigenvalue weighted by Gasteiger charge is -2.26. The van der Waals surface area contributed by atoms with Gasteiger partial charge in [0.1, 0.15) is 0 Å². The second-order valence-corrected chi connectivity index (χ2v) is 4.49. The Labute approximate surface area is 99.1 Å². The van der Waals surface area contributed by atoms with Crippen molar-refractivity contribution < 1.29 is 0 Å². The van der Waals surface area contributed by atoms with Gasteiger partial charge in [0.05, 0.1) is 6.04 Å². The maximum atomic E-state index is 5.68. The van der Waals surface area contributed by atoms with Crippen LogP contribution < -0.4 is 10.4 Å². The zero-order chi connectivity index (χ0) is 11.4. The summed E-state index contributed by atoms with van der Waals surface area (Å²) in [5, 5.41) is 0. The van der Waals surface area contributed by atoms with Crippen molar-refractivity contribution >= 4 is 20.8 Å². The van der Waals surface area contributed by atoms with E-state index in [1.54, 1.807) is 0 Å². The zero-order valence-electron chi connectivity index (χ0n) is 9.21. The third kappa shape index (κ3) is 2.65. The first kappa shape index (κ1) is 11.2. The lowest BCUT2D eigenvalue weighted by Crippen LogP contribution is -2.23. The van der Waals surface area contributed by atoms with E-state index < -0.39 is 0 Å². The minimum absolute atomic E-state index is 0.410. The molecule has 0 radical (unpaired) electrons. The van der Waals surface area contributed by atoms with Gasteiger partial charge in [0, 0.05) is 11.4 Å². The van der Waals surface area contributed by atoms with Crippen molar-refractivity contribution in [2.75, 3.05) is 10.4 Å². The third-order valence-corrected chi connectivity index (χ3v) is 3.40. The van der Waals surface area contributed by atoms with Crippen LogP contribution in [-0.4, -0.2) is 6.04 Å². The Balaban J connectivity index is 2.14. The molecule has 0 heterocycles. The third-order valence-electron chi connectivity index (χ3n) is 2.72. The van der Waals surface area contributed by atoms with Crippen molar-refractivity contribution in [2.45, 2.75) is 18.9 Å². The maximum Gasteiger partial charge on any atom is 0.0538 e. The smallest absolute Gasteiger partial charge is 0.0538 e. The fraction of sp³-hybridized carbons (Fsp3) is 0.231. The van der Waals surface area contributed by atoms with Gasteiger partial charge in [-0.05, 0) is 46.5 Å². The molecule has 2 N–H and O–H groups in total. The van der Waals surface area contributed by atoms with Crippen LogP contribution in [0.15, 0.2) is 48.6 Å². The number of allylic oxidation sites excluding steroid dienone is 2. The van der Waals surface area contributed by atoms with Gasteiger partial charge in [-0.2, -0.15) is 0 Å². The van der Waals surface area contributed by atoms with Crippen molar-refractivity contribution in [3.8, 4) is 0 Å². The largest absolute Gasteiger partial charge is 0.399 e. The molecule has 1 aromatic carbocycles. The molecule has 0 fully saturated rings. The summed E-state index contributed by atoms with van der Waals surface area (Å²) < 4.78 is 2.20. The van der Waals surface area contributed by atoms with Gasteiger partial charge in [-0.3, -0.25) is 0 Å². The number of nitrogen functional groups attached to an aromatic ring is 1. The molecule has 1 aliphatic carbocycles. The molecular formula is C13H17N2P. The molecule has 1 aliphatic rings. The Morgan fingerprint density at radius 3 is 2.62 bits per heavy atom. The van der Waals surface area contributed by atoms with Crippen molar-refractivity contribution in [3.05, 3.63) is 48.6 Å². The topological polar surface area (TPSA) is 29.3 Å². The standard InChI is InChI=1S/C13H17N2P/c14-11-7-9-13(10-8-11)15(16)12-5-3-1-2-4-6-12/h1,3-4,6-10,12H,2,5,14,16H2. The minimum atomic E-state index is 0.410. The molecule has 0 aliphatic heterocycles. The SMILES string of the molecule is Nc1ccc(N(P)C2C=CCC=CC2)cc1. The highest BCUT2D eigenvalue weighted by Crippen LogP contribution is 2.25. The van der Waals surface area contributed by atoms with Crippen LogP contribution in [0.4, 0.5) is 11.4 Å². The van der Waals surface area contributed by atoms with Gasteiger partial charge in [-0.15, -0.1) is 0 Å². The summed E-state index contributed by atoms with van der Waals surface area (Å²) >= 11 is 0. The van der Waals surface area contributed by atoms with Crippen molar-refractivity contribution in [1.29, 1.82) is 0 Å². The van der Waals surface area contributed by atoms with Gasteiger partial charge in [-0.1, -0.05) is 24.3 Å². The molecular weight excluding hydrogens is 215 g/mol. The Bertz CT molecular complexity index is 395. The quantitative estimate of drug-likeness (QED) is 0.482. The van der Waals surface area contributed by atoms with Crippen LogP contribution in [0.1, 0.15) is 12.8 Å². The van der Waals surface area contributed by atoms with E-state index in [4.69, 9.17) is 5.73 Å². The molecule has 16 heavy (non-hydrogen) atoms. The fourth-order valence-electron chi connectivity index (χ4n) is 1.77. The lowest BCUT2D eigenvalue weighted by atomic mass is 10.2. The van der Waals surface area contributed by atoms with Gasteiger partial charge >= 0.3 is 0 Å². The van der Waals surface area contributed by atoms with Crippen LogP contribution in [0.2, 0.25) is 0 Å². The van der Waals surface area contributed by atoms with Crippen LogP contribution in [0.5, 0.6) is 0 Å². The Morgan fingerprint density at radius 1 is 1.12 bits per heavy atom. The van der Waals surface area contributed by atoms with E-state index in [1.807, 2.05) is 24.3 Å². The predicted molar refractivity (Wildman–Crippen MR) is 74.3 cm³/mol. The second-order valence-electron chi connectivity index (χ2n) is 3.94. The van der Waals surface area contributed by atoms with Gasteiger partial charge < -0.3 is 10.4 Å². The molecule has 2 rings (SSSR count). The molecule has 0 aromatic heterocycles. The second kappa shape index (κ2) is 5.18. The molecule has 3 heteroatoms. The number of rotatable bonds is 2. The van der Waals surface area contributed by atoms with Gasteiger partial charge in [0.25, 0.3) is 0 Å². The molecule has 2 unspecified atom stereocenters. The molecule has 0 saturated carbocycles. The van der Waals surface area contributed by atoms with Crippen LogP contribution in [0, 0.1) is 0 Å². The summed E-state index contributed by atoms with van der Waals surface area (Å²) in [5.74, 6) is 0. The van der Waals surface area contributed by atoms with Crippen molar-refractivity contribution in [1.82, 2.24) is 0 Å². The highest BCUT2D eigenvalue weighted by Gasteiger charge is 2.11. The highest BCUT2D eigenvalue weighted by molar-refractivity contribution is 7.19. The van der Waals surface area contributed by atoms with Crippen LogP contribution in [-0.2, 0) is 0 Å². The van der Waals surface area contributed by atoms with E-state index in [0.29, 0.717) is 6.04 Å². The number of benzene rings is 1. The van der Waals surface area contributed by atoms with E-state index in [-0.39, 0.29) is 0 Å². The van der Waals surface area contributed by atoms with Crippen molar-refractivity contribution in [3.63, 3.8) is 0 Å². The molecule has 1 aromatic rings. The Hall–Kier alpha value is -1.27. The van der Waals surface area contributed by atoms with Crippen LogP contribution >= 0.6 is 9.39 Å². The molecule has 0 spiro atoms.